The smallest absolute Gasteiger partial charge is 0.137 e. The van der Waals surface area contributed by atoms with Gasteiger partial charge >= 0.3 is 0 Å². The lowest BCUT2D eigenvalue weighted by atomic mass is 9.93. The van der Waals surface area contributed by atoms with E-state index in [4.69, 9.17) is 5.26 Å². The molecule has 1 aromatic rings. The number of hydrogen-bond donors (Lipinski definition) is 0. The van der Waals surface area contributed by atoms with Crippen molar-refractivity contribution in [3.8, 4) is 6.07 Å². The predicted molar refractivity (Wildman–Crippen MR) is 55.4 cm³/mol. The highest BCUT2D eigenvalue weighted by Crippen LogP contribution is 2.49. The Morgan fingerprint density at radius 2 is 2.14 bits per heavy atom. The fraction of sp³-hybridized carbons (Fsp3) is 0.364. The predicted octanol–water partition coefficient (Wildman–Crippen LogP) is 3.45. The van der Waals surface area contributed by atoms with E-state index in [1.54, 1.807) is 6.07 Å². The molecular formula is C11H9BrFN. The molecule has 72 valence electrons. The van der Waals surface area contributed by atoms with Crippen molar-refractivity contribution in [2.75, 3.05) is 0 Å². The van der Waals surface area contributed by atoms with Gasteiger partial charge in [-0.3, -0.25) is 0 Å². The SMILES string of the molecule is Cc1c(C2(C#N)CC2)ccc(F)c1Br. The molecule has 1 nitrogen and oxygen atoms in total. The quantitative estimate of drug-likeness (QED) is 0.752. The van der Waals surface area contributed by atoms with Crippen molar-refractivity contribution in [3.63, 3.8) is 0 Å². The van der Waals surface area contributed by atoms with E-state index in [1.807, 2.05) is 6.92 Å². The molecule has 1 aromatic carbocycles. The van der Waals surface area contributed by atoms with Crippen molar-refractivity contribution in [1.29, 1.82) is 5.26 Å². The second kappa shape index (κ2) is 3.06. The Hall–Kier alpha value is -0.880. The minimum atomic E-state index is -0.333. The highest BCUT2D eigenvalue weighted by molar-refractivity contribution is 9.10. The topological polar surface area (TPSA) is 23.8 Å². The van der Waals surface area contributed by atoms with Crippen molar-refractivity contribution < 1.29 is 4.39 Å². The van der Waals surface area contributed by atoms with E-state index >= 15 is 0 Å². The lowest BCUT2D eigenvalue weighted by Crippen LogP contribution is -2.06. The molecule has 0 amide bonds. The van der Waals surface area contributed by atoms with Gasteiger partial charge in [0.1, 0.15) is 5.82 Å². The summed E-state index contributed by atoms with van der Waals surface area (Å²) in [5.41, 5.74) is 1.48. The fourth-order valence-corrected chi connectivity index (χ4v) is 2.08. The Morgan fingerprint density at radius 1 is 1.50 bits per heavy atom. The summed E-state index contributed by atoms with van der Waals surface area (Å²) in [4.78, 5) is 0. The number of nitriles is 1. The summed E-state index contributed by atoms with van der Waals surface area (Å²) in [5.74, 6) is -0.264. The van der Waals surface area contributed by atoms with Crippen LogP contribution in [0.4, 0.5) is 4.39 Å². The maximum atomic E-state index is 13.1. The zero-order valence-corrected chi connectivity index (χ0v) is 9.36. The van der Waals surface area contributed by atoms with Crippen LogP contribution in [-0.2, 0) is 5.41 Å². The fourth-order valence-electron chi connectivity index (χ4n) is 1.74. The van der Waals surface area contributed by atoms with E-state index in [-0.39, 0.29) is 11.2 Å². The van der Waals surface area contributed by atoms with Crippen LogP contribution in [0.3, 0.4) is 0 Å². The van der Waals surface area contributed by atoms with Gasteiger partial charge in [0.2, 0.25) is 0 Å². The average molecular weight is 254 g/mol. The molecular weight excluding hydrogens is 245 g/mol. The third-order valence-electron chi connectivity index (χ3n) is 2.82. The maximum Gasteiger partial charge on any atom is 0.137 e. The molecule has 0 unspecified atom stereocenters. The van der Waals surface area contributed by atoms with Crippen molar-refractivity contribution in [2.45, 2.75) is 25.2 Å². The van der Waals surface area contributed by atoms with Crippen molar-refractivity contribution in [3.05, 3.63) is 33.5 Å². The summed E-state index contributed by atoms with van der Waals surface area (Å²) < 4.78 is 13.6. The summed E-state index contributed by atoms with van der Waals surface area (Å²) in [5, 5.41) is 9.04. The molecule has 2 rings (SSSR count). The van der Waals surface area contributed by atoms with Crippen molar-refractivity contribution in [1.82, 2.24) is 0 Å². The molecule has 14 heavy (non-hydrogen) atoms. The van der Waals surface area contributed by atoms with Crippen LogP contribution in [0.5, 0.6) is 0 Å². The van der Waals surface area contributed by atoms with Crippen LogP contribution in [0, 0.1) is 24.1 Å². The maximum absolute atomic E-state index is 13.1. The summed E-state index contributed by atoms with van der Waals surface area (Å²) >= 11 is 3.19. The average Bonchev–Trinajstić information content (AvgIpc) is 2.95. The van der Waals surface area contributed by atoms with Crippen molar-refractivity contribution >= 4 is 15.9 Å². The third-order valence-corrected chi connectivity index (χ3v) is 3.79. The van der Waals surface area contributed by atoms with Gasteiger partial charge in [-0.25, -0.2) is 4.39 Å². The zero-order chi connectivity index (χ0) is 10.3. The molecule has 1 aliphatic rings. The van der Waals surface area contributed by atoms with Crippen LogP contribution in [0.25, 0.3) is 0 Å². The minimum absolute atomic E-state index is 0.264. The second-order valence-electron chi connectivity index (χ2n) is 3.73. The molecule has 0 aromatic heterocycles. The van der Waals surface area contributed by atoms with Crippen LogP contribution in [0.1, 0.15) is 24.0 Å². The van der Waals surface area contributed by atoms with Crippen LogP contribution in [0.2, 0.25) is 0 Å². The monoisotopic (exact) mass is 253 g/mol. The Labute approximate surface area is 90.7 Å². The first-order valence-electron chi connectivity index (χ1n) is 4.47. The molecule has 3 heteroatoms. The molecule has 0 heterocycles. The van der Waals surface area contributed by atoms with Gasteiger partial charge in [-0.1, -0.05) is 6.07 Å². The van der Waals surface area contributed by atoms with E-state index in [1.165, 1.54) is 6.07 Å². The summed E-state index contributed by atoms with van der Waals surface area (Å²) in [6.07, 6.45) is 1.78. The standard InChI is InChI=1S/C11H9BrFN/c1-7-8(11(6-14)4-5-11)2-3-9(13)10(7)12/h2-3H,4-5H2,1H3. The number of rotatable bonds is 1. The van der Waals surface area contributed by atoms with Crippen LogP contribution < -0.4 is 0 Å². The lowest BCUT2D eigenvalue weighted by molar-refractivity contribution is 0.617. The third kappa shape index (κ3) is 1.26. The molecule has 0 radical (unpaired) electrons. The first kappa shape index (κ1) is 9.67. The molecule has 1 fully saturated rings. The van der Waals surface area contributed by atoms with E-state index in [0.717, 1.165) is 24.0 Å². The molecule has 1 saturated carbocycles. The summed E-state index contributed by atoms with van der Waals surface area (Å²) in [7, 11) is 0. The Balaban J connectivity index is 2.57. The van der Waals surface area contributed by atoms with Gasteiger partial charge in [-0.05, 0) is 52.9 Å². The normalized spacial score (nSPS) is 17.6. The second-order valence-corrected chi connectivity index (χ2v) is 4.52. The number of nitrogens with zero attached hydrogens (tertiary/aromatic N) is 1. The van der Waals surface area contributed by atoms with Crippen LogP contribution in [0.15, 0.2) is 16.6 Å². The van der Waals surface area contributed by atoms with Gasteiger partial charge < -0.3 is 0 Å². The van der Waals surface area contributed by atoms with Crippen LogP contribution >= 0.6 is 15.9 Å². The van der Waals surface area contributed by atoms with Gasteiger partial charge in [0.05, 0.1) is 16.0 Å². The zero-order valence-electron chi connectivity index (χ0n) is 7.77. The lowest BCUT2D eigenvalue weighted by Gasteiger charge is -2.11. The molecule has 0 bridgehead atoms. The van der Waals surface area contributed by atoms with Gasteiger partial charge in [0, 0.05) is 0 Å². The van der Waals surface area contributed by atoms with Gasteiger partial charge in [-0.15, -0.1) is 0 Å². The highest BCUT2D eigenvalue weighted by Gasteiger charge is 2.46. The molecule has 0 spiro atoms. The molecule has 0 aliphatic heterocycles. The minimum Gasteiger partial charge on any atom is -0.206 e. The van der Waals surface area contributed by atoms with Gasteiger partial charge in [0.15, 0.2) is 0 Å². The number of benzene rings is 1. The molecule has 0 saturated heterocycles. The van der Waals surface area contributed by atoms with E-state index in [2.05, 4.69) is 22.0 Å². The van der Waals surface area contributed by atoms with Crippen LogP contribution in [-0.4, -0.2) is 0 Å². The van der Waals surface area contributed by atoms with Crippen molar-refractivity contribution in [2.24, 2.45) is 0 Å². The highest BCUT2D eigenvalue weighted by atomic mass is 79.9. The first-order valence-corrected chi connectivity index (χ1v) is 5.26. The molecule has 0 atom stereocenters. The summed E-state index contributed by atoms with van der Waals surface area (Å²) in [6, 6.07) is 5.46. The van der Waals surface area contributed by atoms with E-state index < -0.39 is 0 Å². The number of halogens is 2. The first-order chi connectivity index (χ1) is 6.60. The van der Waals surface area contributed by atoms with E-state index in [9.17, 15) is 4.39 Å². The molecule has 1 aliphatic carbocycles. The Morgan fingerprint density at radius 3 is 2.64 bits per heavy atom. The van der Waals surface area contributed by atoms with Gasteiger partial charge in [-0.2, -0.15) is 5.26 Å². The molecule has 0 N–H and O–H groups in total. The summed E-state index contributed by atoms with van der Waals surface area (Å²) in [6.45, 7) is 1.85. The van der Waals surface area contributed by atoms with E-state index in [0.29, 0.717) is 4.47 Å². The Kier molecular flexibility index (Phi) is 2.11. The largest absolute Gasteiger partial charge is 0.206 e. The van der Waals surface area contributed by atoms with Gasteiger partial charge in [0.25, 0.3) is 0 Å². The Bertz CT molecular complexity index is 430. The number of hydrogen-bond acceptors (Lipinski definition) is 1.